The zero-order valence-electron chi connectivity index (χ0n) is 10.3. The van der Waals surface area contributed by atoms with Gasteiger partial charge < -0.3 is 11.5 Å². The Bertz CT molecular complexity index is 614. The number of nitriles is 1. The average molecular weight is 272 g/mol. The van der Waals surface area contributed by atoms with E-state index in [0.29, 0.717) is 22.8 Å². The van der Waals surface area contributed by atoms with Crippen molar-refractivity contribution in [1.82, 2.24) is 0 Å². The quantitative estimate of drug-likeness (QED) is 0.841. The first-order valence-electron chi connectivity index (χ1n) is 5.89. The maximum atomic E-state index is 9.31. The van der Waals surface area contributed by atoms with Crippen LogP contribution in [0.1, 0.15) is 17.0 Å². The van der Waals surface area contributed by atoms with Crippen LogP contribution in [-0.4, -0.2) is 0 Å². The summed E-state index contributed by atoms with van der Waals surface area (Å²) in [6.07, 6.45) is 0.555. The topological polar surface area (TPSA) is 75.8 Å². The second kappa shape index (κ2) is 5.64. The first-order valence-corrected chi connectivity index (χ1v) is 6.27. The number of hydrogen-bond acceptors (Lipinski definition) is 3. The zero-order chi connectivity index (χ0) is 13.8. The Kier molecular flexibility index (Phi) is 3.94. The Morgan fingerprint density at radius 1 is 1.05 bits per heavy atom. The first kappa shape index (κ1) is 13.3. The maximum absolute atomic E-state index is 9.31. The van der Waals surface area contributed by atoms with Crippen LogP contribution in [0.15, 0.2) is 42.5 Å². The third kappa shape index (κ3) is 3.18. The standard InChI is InChI=1S/C15H14ClN3/c16-15-8-14(19)6-3-11(15)7-12(9-17)10-1-4-13(18)5-2-10/h1-6,8,12H,7,18-19H2. The van der Waals surface area contributed by atoms with Crippen molar-refractivity contribution in [2.45, 2.75) is 12.3 Å². The maximum Gasteiger partial charge on any atom is 0.0753 e. The van der Waals surface area contributed by atoms with Gasteiger partial charge in [0.05, 0.1) is 12.0 Å². The normalized spacial score (nSPS) is 11.8. The lowest BCUT2D eigenvalue weighted by Crippen LogP contribution is -2.02. The summed E-state index contributed by atoms with van der Waals surface area (Å²) in [7, 11) is 0. The molecule has 3 nitrogen and oxygen atoms in total. The molecule has 1 unspecified atom stereocenters. The number of anilines is 2. The van der Waals surface area contributed by atoms with Crippen molar-refractivity contribution in [3.8, 4) is 6.07 Å². The highest BCUT2D eigenvalue weighted by molar-refractivity contribution is 6.31. The summed E-state index contributed by atoms with van der Waals surface area (Å²) in [5.41, 5.74) is 14.5. The van der Waals surface area contributed by atoms with E-state index in [1.54, 1.807) is 24.3 Å². The smallest absolute Gasteiger partial charge is 0.0753 e. The summed E-state index contributed by atoms with van der Waals surface area (Å²) < 4.78 is 0. The van der Waals surface area contributed by atoms with E-state index in [-0.39, 0.29) is 5.92 Å². The molecule has 0 radical (unpaired) electrons. The molecule has 4 heteroatoms. The minimum absolute atomic E-state index is 0.248. The molecule has 96 valence electrons. The number of rotatable bonds is 3. The Morgan fingerprint density at radius 3 is 2.26 bits per heavy atom. The van der Waals surface area contributed by atoms with Crippen molar-refractivity contribution in [3.63, 3.8) is 0 Å². The van der Waals surface area contributed by atoms with Gasteiger partial charge in [0.2, 0.25) is 0 Å². The van der Waals surface area contributed by atoms with E-state index in [9.17, 15) is 5.26 Å². The molecule has 0 fully saturated rings. The molecule has 0 amide bonds. The Balaban J connectivity index is 2.24. The van der Waals surface area contributed by atoms with Crippen LogP contribution >= 0.6 is 11.6 Å². The molecule has 0 saturated carbocycles. The van der Waals surface area contributed by atoms with Crippen LogP contribution in [0.25, 0.3) is 0 Å². The summed E-state index contributed by atoms with van der Waals surface area (Å²) in [4.78, 5) is 0. The second-order valence-corrected chi connectivity index (χ2v) is 4.81. The van der Waals surface area contributed by atoms with Crippen LogP contribution in [0.2, 0.25) is 5.02 Å². The van der Waals surface area contributed by atoms with Crippen LogP contribution < -0.4 is 11.5 Å². The van der Waals surface area contributed by atoms with E-state index < -0.39 is 0 Å². The van der Waals surface area contributed by atoms with Gasteiger partial charge in [-0.2, -0.15) is 5.26 Å². The van der Waals surface area contributed by atoms with E-state index in [1.165, 1.54) is 0 Å². The molecule has 0 saturated heterocycles. The largest absolute Gasteiger partial charge is 0.399 e. The third-order valence-corrected chi connectivity index (χ3v) is 3.35. The second-order valence-electron chi connectivity index (χ2n) is 4.40. The highest BCUT2D eigenvalue weighted by Crippen LogP contribution is 2.26. The van der Waals surface area contributed by atoms with E-state index >= 15 is 0 Å². The van der Waals surface area contributed by atoms with Gasteiger partial charge >= 0.3 is 0 Å². The Hall–Kier alpha value is -2.18. The van der Waals surface area contributed by atoms with Crippen LogP contribution in [0.4, 0.5) is 11.4 Å². The minimum Gasteiger partial charge on any atom is -0.399 e. The zero-order valence-corrected chi connectivity index (χ0v) is 11.1. The summed E-state index contributed by atoms with van der Waals surface area (Å²) in [6.45, 7) is 0. The number of benzene rings is 2. The molecule has 2 aromatic carbocycles. The molecule has 0 bridgehead atoms. The summed E-state index contributed by atoms with van der Waals surface area (Å²) in [6, 6.07) is 15.0. The van der Waals surface area contributed by atoms with Gasteiger partial charge in [-0.25, -0.2) is 0 Å². The van der Waals surface area contributed by atoms with Crippen LogP contribution in [0.3, 0.4) is 0 Å². The van der Waals surface area contributed by atoms with Crippen molar-refractivity contribution in [2.24, 2.45) is 0 Å². The summed E-state index contributed by atoms with van der Waals surface area (Å²) >= 11 is 6.13. The van der Waals surface area contributed by atoms with Gasteiger partial charge in [0.25, 0.3) is 0 Å². The third-order valence-electron chi connectivity index (χ3n) is 3.00. The predicted molar refractivity (Wildman–Crippen MR) is 78.8 cm³/mol. The van der Waals surface area contributed by atoms with Crippen molar-refractivity contribution in [2.75, 3.05) is 11.5 Å². The molecule has 0 spiro atoms. The lowest BCUT2D eigenvalue weighted by atomic mass is 9.93. The van der Waals surface area contributed by atoms with Gasteiger partial charge in [0, 0.05) is 16.4 Å². The van der Waals surface area contributed by atoms with E-state index in [4.69, 9.17) is 23.1 Å². The fourth-order valence-corrected chi connectivity index (χ4v) is 2.18. The fraction of sp³-hybridized carbons (Fsp3) is 0.133. The van der Waals surface area contributed by atoms with Gasteiger partial charge in [-0.1, -0.05) is 29.8 Å². The van der Waals surface area contributed by atoms with Gasteiger partial charge in [-0.05, 0) is 41.8 Å². The lowest BCUT2D eigenvalue weighted by Gasteiger charge is -2.11. The molecule has 1 atom stereocenters. The minimum atomic E-state index is -0.248. The molecule has 0 heterocycles. The van der Waals surface area contributed by atoms with Gasteiger partial charge in [-0.15, -0.1) is 0 Å². The summed E-state index contributed by atoms with van der Waals surface area (Å²) in [5.74, 6) is -0.248. The molecular weight excluding hydrogens is 258 g/mol. The molecule has 4 N–H and O–H groups in total. The molecule has 0 aliphatic carbocycles. The fourth-order valence-electron chi connectivity index (χ4n) is 1.92. The van der Waals surface area contributed by atoms with Gasteiger partial charge in [0.1, 0.15) is 0 Å². The number of halogens is 1. The van der Waals surface area contributed by atoms with E-state index in [0.717, 1.165) is 11.1 Å². The highest BCUT2D eigenvalue weighted by atomic mass is 35.5. The van der Waals surface area contributed by atoms with Crippen molar-refractivity contribution >= 4 is 23.0 Å². The Labute approximate surface area is 117 Å². The Morgan fingerprint density at radius 2 is 1.68 bits per heavy atom. The van der Waals surface area contributed by atoms with Gasteiger partial charge in [-0.3, -0.25) is 0 Å². The first-order chi connectivity index (χ1) is 9.10. The van der Waals surface area contributed by atoms with E-state index in [1.807, 2.05) is 18.2 Å². The van der Waals surface area contributed by atoms with Crippen molar-refractivity contribution < 1.29 is 0 Å². The SMILES string of the molecule is N#CC(Cc1ccc(N)cc1Cl)c1ccc(N)cc1. The van der Waals surface area contributed by atoms with Gasteiger partial charge in [0.15, 0.2) is 0 Å². The monoisotopic (exact) mass is 271 g/mol. The average Bonchev–Trinajstić information content (AvgIpc) is 2.39. The predicted octanol–water partition coefficient (Wildman–Crippen LogP) is 3.35. The number of nitrogens with two attached hydrogens (primary N) is 2. The lowest BCUT2D eigenvalue weighted by molar-refractivity contribution is 0.850. The number of nitrogen functional groups attached to an aromatic ring is 2. The molecule has 19 heavy (non-hydrogen) atoms. The summed E-state index contributed by atoms with van der Waals surface area (Å²) in [5, 5.41) is 9.90. The van der Waals surface area contributed by atoms with Crippen molar-refractivity contribution in [3.05, 3.63) is 58.6 Å². The highest BCUT2D eigenvalue weighted by Gasteiger charge is 2.13. The number of nitrogens with zero attached hydrogens (tertiary/aromatic N) is 1. The van der Waals surface area contributed by atoms with Crippen LogP contribution in [0, 0.1) is 11.3 Å². The van der Waals surface area contributed by atoms with Crippen LogP contribution in [-0.2, 0) is 6.42 Å². The van der Waals surface area contributed by atoms with Crippen molar-refractivity contribution in [1.29, 1.82) is 5.26 Å². The number of hydrogen-bond donors (Lipinski definition) is 2. The molecular formula is C15H14ClN3. The molecule has 0 aliphatic heterocycles. The van der Waals surface area contributed by atoms with Crippen LogP contribution in [0.5, 0.6) is 0 Å². The molecule has 2 aromatic rings. The molecule has 0 aromatic heterocycles. The van der Waals surface area contributed by atoms with E-state index in [2.05, 4.69) is 6.07 Å². The molecule has 2 rings (SSSR count). The molecule has 0 aliphatic rings.